The Morgan fingerprint density at radius 3 is 2.85 bits per heavy atom. The van der Waals surface area contributed by atoms with Crippen LogP contribution in [0, 0.1) is 13.8 Å². The minimum absolute atomic E-state index is 0.345. The predicted octanol–water partition coefficient (Wildman–Crippen LogP) is 4.36. The summed E-state index contributed by atoms with van der Waals surface area (Å²) < 4.78 is 7.30. The molecule has 0 fully saturated rings. The molecule has 2 aromatic heterocycles. The highest BCUT2D eigenvalue weighted by Crippen LogP contribution is 2.25. The van der Waals surface area contributed by atoms with Crippen LogP contribution in [-0.4, -0.2) is 28.3 Å². The van der Waals surface area contributed by atoms with Crippen LogP contribution < -0.4 is 5.43 Å². The molecule has 2 heterocycles. The minimum atomic E-state index is -0.346. The molecule has 1 aromatic carbocycles. The number of carbonyl (C=O) groups excluding carboxylic acids is 1. The molecule has 3 rings (SSSR count). The van der Waals surface area contributed by atoms with Crippen molar-refractivity contribution in [3.8, 4) is 0 Å². The van der Waals surface area contributed by atoms with Gasteiger partial charge in [-0.15, -0.1) is 0 Å². The summed E-state index contributed by atoms with van der Waals surface area (Å²) in [5.74, 6) is -0.346. The van der Waals surface area contributed by atoms with Crippen molar-refractivity contribution in [3.05, 3.63) is 46.1 Å². The van der Waals surface area contributed by atoms with Crippen LogP contribution in [0.15, 0.2) is 29.4 Å². The van der Waals surface area contributed by atoms with E-state index in [4.69, 9.17) is 4.74 Å². The molecule has 0 amide bonds. The van der Waals surface area contributed by atoms with Gasteiger partial charge in [0.1, 0.15) is 4.88 Å². The van der Waals surface area contributed by atoms with Crippen LogP contribution in [0.3, 0.4) is 0 Å². The van der Waals surface area contributed by atoms with Crippen LogP contribution in [0.2, 0.25) is 0 Å². The SMILES string of the molecule is CCOC(=O)c1sc(N/N=C\c2c(C)n(CC)c3ccccc23)nc1C. The smallest absolute Gasteiger partial charge is 0.350 e. The molecule has 0 saturated heterocycles. The monoisotopic (exact) mass is 370 g/mol. The maximum absolute atomic E-state index is 11.9. The number of carbonyl (C=O) groups is 1. The molecule has 0 unspecified atom stereocenters. The van der Waals surface area contributed by atoms with Crippen molar-refractivity contribution in [2.75, 3.05) is 12.0 Å². The maximum atomic E-state index is 11.9. The molecule has 0 saturated carbocycles. The second-order valence-electron chi connectivity index (χ2n) is 5.78. The van der Waals surface area contributed by atoms with Gasteiger partial charge in [0.25, 0.3) is 0 Å². The van der Waals surface area contributed by atoms with Crippen molar-refractivity contribution in [2.45, 2.75) is 34.2 Å². The first-order valence-corrected chi connectivity index (χ1v) is 9.39. The highest BCUT2D eigenvalue weighted by Gasteiger charge is 2.16. The van der Waals surface area contributed by atoms with Gasteiger partial charge >= 0.3 is 5.97 Å². The normalized spacial score (nSPS) is 11.4. The number of hydrogen-bond donors (Lipinski definition) is 1. The summed E-state index contributed by atoms with van der Waals surface area (Å²) in [5, 5.41) is 6.07. The molecule has 0 radical (unpaired) electrons. The summed E-state index contributed by atoms with van der Waals surface area (Å²) in [6.07, 6.45) is 1.81. The van der Waals surface area contributed by atoms with E-state index in [0.717, 1.165) is 12.1 Å². The van der Waals surface area contributed by atoms with Crippen molar-refractivity contribution in [2.24, 2.45) is 5.10 Å². The molecule has 6 nitrogen and oxygen atoms in total. The standard InChI is InChI=1S/C19H22N4O2S/c1-5-23-13(4)15(14-9-7-8-10-16(14)23)11-20-22-19-21-12(3)17(26-19)18(24)25-6-2/h7-11H,5-6H2,1-4H3,(H,21,22)/b20-11-. The number of ether oxygens (including phenoxy) is 1. The number of esters is 1. The highest BCUT2D eigenvalue weighted by molar-refractivity contribution is 7.17. The van der Waals surface area contributed by atoms with Crippen LogP contribution in [-0.2, 0) is 11.3 Å². The lowest BCUT2D eigenvalue weighted by Crippen LogP contribution is -2.03. The summed E-state index contributed by atoms with van der Waals surface area (Å²) in [7, 11) is 0. The van der Waals surface area contributed by atoms with Gasteiger partial charge in [-0.1, -0.05) is 29.5 Å². The van der Waals surface area contributed by atoms with E-state index < -0.39 is 0 Å². The minimum Gasteiger partial charge on any atom is -0.462 e. The van der Waals surface area contributed by atoms with Crippen molar-refractivity contribution in [3.63, 3.8) is 0 Å². The Kier molecular flexibility index (Phi) is 5.37. The lowest BCUT2D eigenvalue weighted by Gasteiger charge is -2.03. The molecule has 1 N–H and O–H groups in total. The number of hydrogen-bond acceptors (Lipinski definition) is 6. The zero-order chi connectivity index (χ0) is 18.7. The Balaban J connectivity index is 1.84. The van der Waals surface area contributed by atoms with Crippen molar-refractivity contribution >= 4 is 39.6 Å². The molecule has 136 valence electrons. The molecule has 0 aliphatic heterocycles. The number of rotatable bonds is 6. The van der Waals surface area contributed by atoms with Crippen LogP contribution >= 0.6 is 11.3 Å². The second kappa shape index (κ2) is 7.70. The van der Waals surface area contributed by atoms with E-state index in [-0.39, 0.29) is 5.97 Å². The fourth-order valence-electron chi connectivity index (χ4n) is 3.01. The van der Waals surface area contributed by atoms with Crippen molar-refractivity contribution in [1.29, 1.82) is 0 Å². The lowest BCUT2D eigenvalue weighted by atomic mass is 10.1. The molecular weight excluding hydrogens is 348 g/mol. The van der Waals surface area contributed by atoms with Gasteiger partial charge in [-0.25, -0.2) is 9.78 Å². The Labute approximate surface area is 156 Å². The second-order valence-corrected chi connectivity index (χ2v) is 6.78. The van der Waals surface area contributed by atoms with Crippen LogP contribution in [0.4, 0.5) is 5.13 Å². The van der Waals surface area contributed by atoms with Gasteiger partial charge in [-0.2, -0.15) is 5.10 Å². The summed E-state index contributed by atoms with van der Waals surface area (Å²) in [4.78, 5) is 16.7. The summed E-state index contributed by atoms with van der Waals surface area (Å²) in [6, 6.07) is 8.29. The van der Waals surface area contributed by atoms with E-state index >= 15 is 0 Å². The van der Waals surface area contributed by atoms with Gasteiger partial charge in [0.05, 0.1) is 18.5 Å². The Hall–Kier alpha value is -2.67. The van der Waals surface area contributed by atoms with E-state index in [9.17, 15) is 4.79 Å². The van der Waals surface area contributed by atoms with E-state index in [1.54, 1.807) is 13.8 Å². The molecule has 3 aromatic rings. The average molecular weight is 370 g/mol. The van der Waals surface area contributed by atoms with Crippen LogP contribution in [0.25, 0.3) is 10.9 Å². The highest BCUT2D eigenvalue weighted by atomic mass is 32.1. The average Bonchev–Trinajstić information content (AvgIpc) is 3.13. The summed E-state index contributed by atoms with van der Waals surface area (Å²) in [5.41, 5.74) is 7.02. The number of fused-ring (bicyclic) bond motifs is 1. The predicted molar refractivity (Wildman–Crippen MR) is 106 cm³/mol. The summed E-state index contributed by atoms with van der Waals surface area (Å²) in [6.45, 7) is 9.05. The number of nitrogens with one attached hydrogen (secondary N) is 1. The first-order valence-electron chi connectivity index (χ1n) is 8.58. The molecule has 0 aliphatic rings. The van der Waals surface area contributed by atoms with Gasteiger partial charge in [0.15, 0.2) is 0 Å². The topological polar surface area (TPSA) is 68.5 Å². The van der Waals surface area contributed by atoms with Gasteiger partial charge < -0.3 is 9.30 Å². The molecule has 7 heteroatoms. The first kappa shape index (κ1) is 18.1. The zero-order valence-electron chi connectivity index (χ0n) is 15.4. The summed E-state index contributed by atoms with van der Waals surface area (Å²) >= 11 is 1.24. The van der Waals surface area contributed by atoms with E-state index in [1.807, 2.05) is 18.3 Å². The van der Waals surface area contributed by atoms with Gasteiger partial charge in [-0.05, 0) is 33.8 Å². The fourth-order valence-corrected chi connectivity index (χ4v) is 3.82. The fraction of sp³-hybridized carbons (Fsp3) is 0.316. The molecular formula is C19H22N4O2S. The van der Waals surface area contributed by atoms with Gasteiger partial charge in [-0.3, -0.25) is 5.43 Å². The first-order chi connectivity index (χ1) is 12.6. The van der Waals surface area contributed by atoms with E-state index in [2.05, 4.69) is 46.1 Å². The maximum Gasteiger partial charge on any atom is 0.350 e. The number of aryl methyl sites for hydroxylation is 2. The molecule has 0 bridgehead atoms. The lowest BCUT2D eigenvalue weighted by molar-refractivity contribution is 0.0531. The van der Waals surface area contributed by atoms with Crippen molar-refractivity contribution < 1.29 is 9.53 Å². The largest absolute Gasteiger partial charge is 0.462 e. The Morgan fingerprint density at radius 2 is 2.12 bits per heavy atom. The van der Waals surface area contributed by atoms with E-state index in [1.165, 1.54) is 27.9 Å². The van der Waals surface area contributed by atoms with Crippen molar-refractivity contribution in [1.82, 2.24) is 9.55 Å². The van der Waals surface area contributed by atoms with Crippen LogP contribution in [0.1, 0.15) is 40.5 Å². The van der Waals surface area contributed by atoms with Crippen LogP contribution in [0.5, 0.6) is 0 Å². The third-order valence-corrected chi connectivity index (χ3v) is 5.25. The number of nitrogens with zero attached hydrogens (tertiary/aromatic N) is 3. The Bertz CT molecular complexity index is 971. The number of para-hydroxylation sites is 1. The quantitative estimate of drug-likeness (QED) is 0.398. The zero-order valence-corrected chi connectivity index (χ0v) is 16.2. The number of benzene rings is 1. The van der Waals surface area contributed by atoms with Gasteiger partial charge in [0, 0.05) is 28.7 Å². The number of aromatic nitrogens is 2. The molecule has 26 heavy (non-hydrogen) atoms. The number of anilines is 1. The molecule has 0 atom stereocenters. The number of hydrazone groups is 1. The Morgan fingerprint density at radius 1 is 1.35 bits per heavy atom. The van der Waals surface area contributed by atoms with Gasteiger partial charge in [0.2, 0.25) is 5.13 Å². The van der Waals surface area contributed by atoms with E-state index in [0.29, 0.717) is 22.3 Å². The number of thiazole rings is 1. The third kappa shape index (κ3) is 3.35. The third-order valence-electron chi connectivity index (χ3n) is 4.21. The molecule has 0 aliphatic carbocycles. The molecule has 0 spiro atoms.